The average Bonchev–Trinajstić information content (AvgIpc) is 2.21. The third kappa shape index (κ3) is 3.10. The van der Waals surface area contributed by atoms with Crippen LogP contribution in [0.4, 0.5) is 5.69 Å². The highest BCUT2D eigenvalue weighted by atomic mass is 79.9. The van der Waals surface area contributed by atoms with Gasteiger partial charge in [0.1, 0.15) is 11.7 Å². The minimum atomic E-state index is 0.407. The van der Waals surface area contributed by atoms with Gasteiger partial charge in [-0.2, -0.15) is 0 Å². The van der Waals surface area contributed by atoms with Crippen LogP contribution < -0.4 is 10.6 Å². The second-order valence-electron chi connectivity index (χ2n) is 3.43. The highest BCUT2D eigenvalue weighted by Crippen LogP contribution is 2.20. The zero-order chi connectivity index (χ0) is 12.1. The van der Waals surface area contributed by atoms with Gasteiger partial charge in [-0.1, -0.05) is 22.9 Å². The lowest BCUT2D eigenvalue weighted by atomic mass is 10.2. The topological polar surface area (TPSA) is 53.1 Å². The van der Waals surface area contributed by atoms with E-state index in [1.54, 1.807) is 11.8 Å². The van der Waals surface area contributed by atoms with Crippen molar-refractivity contribution < 1.29 is 0 Å². The molecule has 0 saturated heterocycles. The van der Waals surface area contributed by atoms with Crippen molar-refractivity contribution in [2.75, 3.05) is 4.90 Å². The molecule has 1 rings (SSSR count). The fraction of sp³-hybridized carbons (Fsp3) is 0.250. The Morgan fingerprint density at radius 1 is 1.44 bits per heavy atom. The average molecular weight is 282 g/mol. The second kappa shape index (κ2) is 5.70. The normalized spacial score (nSPS) is 11.3. The third-order valence-corrected chi connectivity index (χ3v) is 2.62. The van der Waals surface area contributed by atoms with Crippen LogP contribution in [0.1, 0.15) is 20.3 Å². The lowest BCUT2D eigenvalue weighted by molar-refractivity contribution is 1.08. The SMILES string of the molecule is CC/C=C(\N)N(C(C)=N)c1ccc(Br)cc1. The van der Waals surface area contributed by atoms with E-state index in [2.05, 4.69) is 15.9 Å². The number of hydrogen-bond acceptors (Lipinski definition) is 2. The van der Waals surface area contributed by atoms with E-state index in [1.807, 2.05) is 37.3 Å². The molecular formula is C12H16BrN3. The van der Waals surface area contributed by atoms with E-state index in [1.165, 1.54) is 0 Å². The molecule has 0 spiro atoms. The molecule has 0 fully saturated rings. The number of nitrogens with zero attached hydrogens (tertiary/aromatic N) is 1. The Bertz CT molecular complexity index is 395. The van der Waals surface area contributed by atoms with Crippen LogP contribution in [0.25, 0.3) is 0 Å². The van der Waals surface area contributed by atoms with Gasteiger partial charge in [0.05, 0.1) is 0 Å². The molecule has 1 aromatic carbocycles. The third-order valence-electron chi connectivity index (χ3n) is 2.09. The molecule has 86 valence electrons. The molecule has 0 aliphatic carbocycles. The molecule has 0 bridgehead atoms. The molecule has 0 aliphatic rings. The molecule has 0 saturated carbocycles. The summed E-state index contributed by atoms with van der Waals surface area (Å²) in [6, 6.07) is 7.73. The van der Waals surface area contributed by atoms with Crippen LogP contribution in [0.15, 0.2) is 40.6 Å². The predicted octanol–water partition coefficient (Wildman–Crippen LogP) is 3.46. The molecule has 0 radical (unpaired) electrons. The number of hydrogen-bond donors (Lipinski definition) is 2. The maximum absolute atomic E-state index is 7.74. The summed E-state index contributed by atoms with van der Waals surface area (Å²) in [5.74, 6) is 1.00. The molecule has 0 amide bonds. The van der Waals surface area contributed by atoms with Gasteiger partial charge in [0.25, 0.3) is 0 Å². The van der Waals surface area contributed by atoms with E-state index < -0.39 is 0 Å². The van der Waals surface area contributed by atoms with Crippen molar-refractivity contribution in [1.82, 2.24) is 0 Å². The smallest absolute Gasteiger partial charge is 0.105 e. The van der Waals surface area contributed by atoms with Gasteiger partial charge in [-0.05, 0) is 43.7 Å². The lowest BCUT2D eigenvalue weighted by Crippen LogP contribution is -2.31. The predicted molar refractivity (Wildman–Crippen MR) is 72.6 cm³/mol. The molecule has 0 atom stereocenters. The van der Waals surface area contributed by atoms with Crippen molar-refractivity contribution in [2.45, 2.75) is 20.3 Å². The Hall–Kier alpha value is -1.29. The van der Waals surface area contributed by atoms with Crippen molar-refractivity contribution in [3.05, 3.63) is 40.6 Å². The second-order valence-corrected chi connectivity index (χ2v) is 4.35. The van der Waals surface area contributed by atoms with Crippen LogP contribution in [-0.2, 0) is 0 Å². The van der Waals surface area contributed by atoms with Crippen LogP contribution in [0.5, 0.6) is 0 Å². The van der Waals surface area contributed by atoms with Crippen molar-refractivity contribution in [1.29, 1.82) is 5.41 Å². The fourth-order valence-corrected chi connectivity index (χ4v) is 1.69. The van der Waals surface area contributed by atoms with E-state index in [4.69, 9.17) is 11.1 Å². The molecular weight excluding hydrogens is 266 g/mol. The quantitative estimate of drug-likeness (QED) is 0.659. The van der Waals surface area contributed by atoms with Gasteiger partial charge in [0.2, 0.25) is 0 Å². The number of anilines is 1. The van der Waals surface area contributed by atoms with Crippen molar-refractivity contribution in [2.24, 2.45) is 5.73 Å². The molecule has 0 unspecified atom stereocenters. The molecule has 0 aromatic heterocycles. The Balaban J connectivity index is 3.08. The number of benzene rings is 1. The molecule has 0 heterocycles. The largest absolute Gasteiger partial charge is 0.385 e. The van der Waals surface area contributed by atoms with Gasteiger partial charge in [0.15, 0.2) is 0 Å². The number of nitrogens with two attached hydrogens (primary N) is 1. The molecule has 0 aliphatic heterocycles. The highest BCUT2D eigenvalue weighted by Gasteiger charge is 2.10. The number of allylic oxidation sites excluding steroid dienone is 1. The first kappa shape index (κ1) is 12.8. The Morgan fingerprint density at radius 3 is 2.44 bits per heavy atom. The standard InChI is InChI=1S/C12H16BrN3/c1-3-4-12(15)16(9(2)14)11-7-5-10(13)6-8-11/h4-8,14H,3,15H2,1-2H3/b12-4+,14-9?. The Labute approximate surface area is 105 Å². The fourth-order valence-electron chi connectivity index (χ4n) is 1.43. The van der Waals surface area contributed by atoms with E-state index in [9.17, 15) is 0 Å². The van der Waals surface area contributed by atoms with Gasteiger partial charge < -0.3 is 5.73 Å². The first-order valence-corrected chi connectivity index (χ1v) is 5.92. The Morgan fingerprint density at radius 2 is 2.00 bits per heavy atom. The molecule has 3 N–H and O–H groups in total. The molecule has 4 heteroatoms. The number of nitrogens with one attached hydrogen (secondary N) is 1. The van der Waals surface area contributed by atoms with Gasteiger partial charge in [-0.15, -0.1) is 0 Å². The summed E-state index contributed by atoms with van der Waals surface area (Å²) in [4.78, 5) is 1.72. The van der Waals surface area contributed by atoms with E-state index in [0.717, 1.165) is 16.6 Å². The zero-order valence-electron chi connectivity index (χ0n) is 9.50. The summed E-state index contributed by atoms with van der Waals surface area (Å²) in [6.45, 7) is 3.74. The highest BCUT2D eigenvalue weighted by molar-refractivity contribution is 9.10. The van der Waals surface area contributed by atoms with E-state index in [0.29, 0.717) is 11.7 Å². The first-order valence-electron chi connectivity index (χ1n) is 5.12. The van der Waals surface area contributed by atoms with E-state index >= 15 is 0 Å². The minimum absolute atomic E-state index is 0.407. The van der Waals surface area contributed by atoms with Crippen LogP contribution in [0.3, 0.4) is 0 Å². The summed E-state index contributed by atoms with van der Waals surface area (Å²) in [6.07, 6.45) is 2.76. The summed E-state index contributed by atoms with van der Waals surface area (Å²) >= 11 is 3.38. The Kier molecular flexibility index (Phi) is 4.55. The molecule has 16 heavy (non-hydrogen) atoms. The molecule has 3 nitrogen and oxygen atoms in total. The van der Waals surface area contributed by atoms with Crippen LogP contribution in [-0.4, -0.2) is 5.84 Å². The zero-order valence-corrected chi connectivity index (χ0v) is 11.1. The van der Waals surface area contributed by atoms with Crippen molar-refractivity contribution in [3.8, 4) is 0 Å². The number of rotatable bonds is 3. The summed E-state index contributed by atoms with van der Waals surface area (Å²) in [5, 5.41) is 7.74. The van der Waals surface area contributed by atoms with Crippen LogP contribution >= 0.6 is 15.9 Å². The summed E-state index contributed by atoms with van der Waals surface area (Å²) < 4.78 is 1.01. The number of amidine groups is 1. The van der Waals surface area contributed by atoms with E-state index in [-0.39, 0.29) is 0 Å². The maximum atomic E-state index is 7.74. The van der Waals surface area contributed by atoms with Gasteiger partial charge in [-0.25, -0.2) is 0 Å². The van der Waals surface area contributed by atoms with Crippen LogP contribution in [0, 0.1) is 5.41 Å². The summed E-state index contributed by atoms with van der Waals surface area (Å²) in [5.41, 5.74) is 6.83. The first-order chi connectivity index (χ1) is 7.56. The van der Waals surface area contributed by atoms with Gasteiger partial charge >= 0.3 is 0 Å². The van der Waals surface area contributed by atoms with Crippen molar-refractivity contribution in [3.63, 3.8) is 0 Å². The molecule has 1 aromatic rings. The van der Waals surface area contributed by atoms with Crippen LogP contribution in [0.2, 0.25) is 0 Å². The van der Waals surface area contributed by atoms with Crippen molar-refractivity contribution >= 4 is 27.5 Å². The monoisotopic (exact) mass is 281 g/mol. The lowest BCUT2D eigenvalue weighted by Gasteiger charge is -2.23. The number of halogens is 1. The maximum Gasteiger partial charge on any atom is 0.105 e. The summed E-state index contributed by atoms with van der Waals surface area (Å²) in [7, 11) is 0. The van der Waals surface area contributed by atoms with Gasteiger partial charge in [-0.3, -0.25) is 10.3 Å². The minimum Gasteiger partial charge on any atom is -0.385 e. The van der Waals surface area contributed by atoms with Gasteiger partial charge in [0, 0.05) is 10.2 Å².